The van der Waals surface area contributed by atoms with Gasteiger partial charge in [0, 0.05) is 0 Å². The summed E-state index contributed by atoms with van der Waals surface area (Å²) >= 11 is 0. The SMILES string of the molecule is C=CN[C@@H](CCCCN)C(=O)O. The predicted molar refractivity (Wildman–Crippen MR) is 47.7 cm³/mol. The smallest absolute Gasteiger partial charge is 0.326 e. The molecular formula is C8H16N2O2. The van der Waals surface area contributed by atoms with Gasteiger partial charge in [-0.1, -0.05) is 6.58 Å². The topological polar surface area (TPSA) is 75.3 Å². The number of aliphatic carboxylic acids is 1. The average Bonchev–Trinajstić information content (AvgIpc) is 2.03. The first-order chi connectivity index (χ1) is 5.72. The second-order valence-corrected chi connectivity index (χ2v) is 2.55. The lowest BCUT2D eigenvalue weighted by atomic mass is 10.1. The number of carboxylic acids is 1. The Morgan fingerprint density at radius 2 is 2.33 bits per heavy atom. The van der Waals surface area contributed by atoms with Gasteiger partial charge in [-0.15, -0.1) is 0 Å². The maximum Gasteiger partial charge on any atom is 0.326 e. The van der Waals surface area contributed by atoms with Crippen molar-refractivity contribution in [3.05, 3.63) is 12.8 Å². The minimum Gasteiger partial charge on any atom is -0.480 e. The van der Waals surface area contributed by atoms with Crippen molar-refractivity contribution < 1.29 is 9.90 Å². The summed E-state index contributed by atoms with van der Waals surface area (Å²) in [5, 5.41) is 11.3. The summed E-state index contributed by atoms with van der Waals surface area (Å²) in [5.74, 6) is -0.841. The van der Waals surface area contributed by atoms with Crippen molar-refractivity contribution in [2.75, 3.05) is 6.54 Å². The Morgan fingerprint density at radius 1 is 1.67 bits per heavy atom. The largest absolute Gasteiger partial charge is 0.480 e. The van der Waals surface area contributed by atoms with Crippen LogP contribution in [0.2, 0.25) is 0 Å². The van der Waals surface area contributed by atoms with Crippen molar-refractivity contribution in [3.63, 3.8) is 0 Å². The Kier molecular flexibility index (Phi) is 6.09. The number of carboxylic acid groups (broad SMARTS) is 1. The molecule has 1 atom stereocenters. The molecule has 0 rings (SSSR count). The number of nitrogens with two attached hydrogens (primary N) is 1. The monoisotopic (exact) mass is 172 g/mol. The number of hydrogen-bond acceptors (Lipinski definition) is 3. The lowest BCUT2D eigenvalue weighted by Crippen LogP contribution is -2.32. The number of carbonyl (C=O) groups is 1. The minimum atomic E-state index is -0.841. The van der Waals surface area contributed by atoms with Crippen LogP contribution in [0.25, 0.3) is 0 Å². The summed E-state index contributed by atoms with van der Waals surface area (Å²) in [6.45, 7) is 4.02. The van der Waals surface area contributed by atoms with Crippen molar-refractivity contribution in [2.24, 2.45) is 5.73 Å². The van der Waals surface area contributed by atoms with E-state index in [1.165, 1.54) is 6.20 Å². The van der Waals surface area contributed by atoms with Gasteiger partial charge >= 0.3 is 5.97 Å². The van der Waals surface area contributed by atoms with Crippen molar-refractivity contribution in [2.45, 2.75) is 25.3 Å². The molecule has 0 unspecified atom stereocenters. The van der Waals surface area contributed by atoms with Gasteiger partial charge in [0.1, 0.15) is 6.04 Å². The Bertz CT molecular complexity index is 148. The van der Waals surface area contributed by atoms with E-state index in [1.807, 2.05) is 0 Å². The van der Waals surface area contributed by atoms with Crippen LogP contribution in [0, 0.1) is 0 Å². The fourth-order valence-electron chi connectivity index (χ4n) is 0.913. The first-order valence-electron chi connectivity index (χ1n) is 4.02. The number of rotatable bonds is 7. The maximum absolute atomic E-state index is 10.5. The molecule has 4 nitrogen and oxygen atoms in total. The van der Waals surface area contributed by atoms with Gasteiger partial charge in [-0.25, -0.2) is 4.79 Å². The fourth-order valence-corrected chi connectivity index (χ4v) is 0.913. The van der Waals surface area contributed by atoms with E-state index >= 15 is 0 Å². The Balaban J connectivity index is 3.63. The third-order valence-electron chi connectivity index (χ3n) is 1.56. The molecule has 70 valence electrons. The molecule has 0 saturated carbocycles. The second kappa shape index (κ2) is 6.67. The molecule has 4 N–H and O–H groups in total. The highest BCUT2D eigenvalue weighted by atomic mass is 16.4. The van der Waals surface area contributed by atoms with E-state index in [9.17, 15) is 4.79 Å². The van der Waals surface area contributed by atoms with Gasteiger partial charge in [0.25, 0.3) is 0 Å². The molecule has 0 aliphatic carbocycles. The Labute approximate surface area is 72.4 Å². The van der Waals surface area contributed by atoms with Crippen LogP contribution in [-0.2, 0) is 4.79 Å². The van der Waals surface area contributed by atoms with Crippen LogP contribution in [0.15, 0.2) is 12.8 Å². The highest BCUT2D eigenvalue weighted by Crippen LogP contribution is 2.00. The number of hydrogen-bond donors (Lipinski definition) is 3. The van der Waals surface area contributed by atoms with Crippen molar-refractivity contribution in [1.82, 2.24) is 5.32 Å². The molecule has 12 heavy (non-hydrogen) atoms. The lowest BCUT2D eigenvalue weighted by Gasteiger charge is -2.11. The zero-order valence-electron chi connectivity index (χ0n) is 7.12. The molecule has 0 aromatic heterocycles. The van der Waals surface area contributed by atoms with Crippen molar-refractivity contribution in [1.29, 1.82) is 0 Å². The molecule has 0 aliphatic heterocycles. The van der Waals surface area contributed by atoms with E-state index in [0.29, 0.717) is 13.0 Å². The summed E-state index contributed by atoms with van der Waals surface area (Å²) in [5.41, 5.74) is 5.28. The molecule has 0 bridgehead atoms. The van der Waals surface area contributed by atoms with Crippen molar-refractivity contribution >= 4 is 5.97 Å². The summed E-state index contributed by atoms with van der Waals surface area (Å²) in [7, 11) is 0. The first kappa shape index (κ1) is 11.0. The first-order valence-corrected chi connectivity index (χ1v) is 4.02. The maximum atomic E-state index is 10.5. The van der Waals surface area contributed by atoms with Crippen LogP contribution >= 0.6 is 0 Å². The summed E-state index contributed by atoms with van der Waals surface area (Å²) in [6, 6.07) is -0.519. The molecular weight excluding hydrogens is 156 g/mol. The molecule has 0 aromatic carbocycles. The average molecular weight is 172 g/mol. The highest BCUT2D eigenvalue weighted by molar-refractivity contribution is 5.73. The molecule has 0 amide bonds. The number of unbranched alkanes of at least 4 members (excludes halogenated alkanes) is 1. The van der Waals surface area contributed by atoms with Gasteiger partial charge < -0.3 is 16.2 Å². The lowest BCUT2D eigenvalue weighted by molar-refractivity contribution is -0.139. The molecule has 0 saturated heterocycles. The second-order valence-electron chi connectivity index (χ2n) is 2.55. The molecule has 0 fully saturated rings. The minimum absolute atomic E-state index is 0.519. The van der Waals surface area contributed by atoms with Crippen LogP contribution in [-0.4, -0.2) is 23.7 Å². The third-order valence-corrected chi connectivity index (χ3v) is 1.56. The third kappa shape index (κ3) is 4.73. The van der Waals surface area contributed by atoms with Crippen LogP contribution < -0.4 is 11.1 Å². The van der Waals surface area contributed by atoms with E-state index in [2.05, 4.69) is 11.9 Å². The van der Waals surface area contributed by atoms with Gasteiger partial charge in [-0.3, -0.25) is 0 Å². The predicted octanol–water partition coefficient (Wildman–Crippen LogP) is 0.302. The van der Waals surface area contributed by atoms with Gasteiger partial charge in [-0.2, -0.15) is 0 Å². The normalized spacial score (nSPS) is 12.1. The van der Waals surface area contributed by atoms with E-state index in [0.717, 1.165) is 12.8 Å². The quantitative estimate of drug-likeness (QED) is 0.483. The van der Waals surface area contributed by atoms with E-state index in [4.69, 9.17) is 10.8 Å². The summed E-state index contributed by atoms with van der Waals surface area (Å²) in [6.07, 6.45) is 3.69. The van der Waals surface area contributed by atoms with E-state index in [1.54, 1.807) is 0 Å². The molecule has 4 heteroatoms. The Hall–Kier alpha value is -1.03. The number of nitrogens with one attached hydrogen (secondary N) is 1. The van der Waals surface area contributed by atoms with E-state index < -0.39 is 12.0 Å². The summed E-state index contributed by atoms with van der Waals surface area (Å²) < 4.78 is 0. The molecule has 0 aromatic rings. The van der Waals surface area contributed by atoms with Crippen LogP contribution in [0.5, 0.6) is 0 Å². The Morgan fingerprint density at radius 3 is 2.75 bits per heavy atom. The van der Waals surface area contributed by atoms with Gasteiger partial charge in [0.15, 0.2) is 0 Å². The van der Waals surface area contributed by atoms with E-state index in [-0.39, 0.29) is 0 Å². The molecule has 0 heterocycles. The van der Waals surface area contributed by atoms with Gasteiger partial charge in [-0.05, 0) is 32.0 Å². The fraction of sp³-hybridized carbons (Fsp3) is 0.625. The van der Waals surface area contributed by atoms with Gasteiger partial charge in [0.2, 0.25) is 0 Å². The molecule has 0 spiro atoms. The van der Waals surface area contributed by atoms with Crippen LogP contribution in [0.1, 0.15) is 19.3 Å². The summed E-state index contributed by atoms with van der Waals surface area (Å²) in [4.78, 5) is 10.5. The van der Waals surface area contributed by atoms with Gasteiger partial charge in [0.05, 0.1) is 0 Å². The standard InChI is InChI=1S/C8H16N2O2/c1-2-10-7(8(11)12)5-3-4-6-9/h2,7,10H,1,3-6,9H2,(H,11,12)/t7-/m0/s1. The molecule has 0 radical (unpaired) electrons. The van der Waals surface area contributed by atoms with Crippen LogP contribution in [0.3, 0.4) is 0 Å². The highest BCUT2D eigenvalue weighted by Gasteiger charge is 2.13. The van der Waals surface area contributed by atoms with Crippen molar-refractivity contribution in [3.8, 4) is 0 Å². The van der Waals surface area contributed by atoms with Crippen LogP contribution in [0.4, 0.5) is 0 Å². The zero-order valence-corrected chi connectivity index (χ0v) is 7.12. The zero-order chi connectivity index (χ0) is 9.40. The molecule has 0 aliphatic rings.